The minimum atomic E-state index is -0.409. The molecule has 0 N–H and O–H groups in total. The summed E-state index contributed by atoms with van der Waals surface area (Å²) in [6, 6.07) is 8.93. The van der Waals surface area contributed by atoms with E-state index in [0.717, 1.165) is 55.0 Å². The van der Waals surface area contributed by atoms with E-state index in [-0.39, 0.29) is 17.2 Å². The van der Waals surface area contributed by atoms with E-state index in [2.05, 4.69) is 17.9 Å². The number of rotatable bonds is 8. The Morgan fingerprint density at radius 3 is 2.45 bits per heavy atom. The number of morpholine rings is 2. The maximum absolute atomic E-state index is 13.9. The SMILES string of the molecule is Cc1cc2nc(N(CCCN3CCOCC3)C(=O)c3ccc(N4CCOCC4)c([N+](=O)[O-])c3)sc2cc1C. The van der Waals surface area contributed by atoms with Gasteiger partial charge in [-0.3, -0.25) is 24.7 Å². The lowest BCUT2D eigenvalue weighted by Gasteiger charge is -2.29. The first-order valence-electron chi connectivity index (χ1n) is 13.0. The van der Waals surface area contributed by atoms with Gasteiger partial charge in [-0.25, -0.2) is 4.98 Å². The van der Waals surface area contributed by atoms with Crippen LogP contribution in [0.15, 0.2) is 30.3 Å². The Morgan fingerprint density at radius 1 is 1.05 bits per heavy atom. The molecule has 11 heteroatoms. The predicted molar refractivity (Wildman–Crippen MR) is 149 cm³/mol. The van der Waals surface area contributed by atoms with Crippen LogP contribution in [-0.4, -0.2) is 86.4 Å². The molecule has 2 fully saturated rings. The average Bonchev–Trinajstić information content (AvgIpc) is 3.33. The quantitative estimate of drug-likeness (QED) is 0.312. The lowest BCUT2D eigenvalue weighted by atomic mass is 10.1. The molecule has 3 heterocycles. The van der Waals surface area contributed by atoms with E-state index in [4.69, 9.17) is 14.5 Å². The van der Waals surface area contributed by atoms with Gasteiger partial charge in [-0.05, 0) is 55.7 Å². The molecular formula is C27H33N5O5S. The van der Waals surface area contributed by atoms with Gasteiger partial charge in [0.2, 0.25) is 0 Å². The molecule has 202 valence electrons. The molecule has 0 spiro atoms. The van der Waals surface area contributed by atoms with Crippen LogP contribution in [-0.2, 0) is 9.47 Å². The van der Waals surface area contributed by atoms with Gasteiger partial charge in [0.1, 0.15) is 5.69 Å². The van der Waals surface area contributed by atoms with Crippen molar-refractivity contribution < 1.29 is 19.2 Å². The fourth-order valence-electron chi connectivity index (χ4n) is 4.87. The summed E-state index contributed by atoms with van der Waals surface area (Å²) in [5.74, 6) is -0.281. The van der Waals surface area contributed by atoms with Crippen LogP contribution >= 0.6 is 11.3 Å². The summed E-state index contributed by atoms with van der Waals surface area (Å²) in [5.41, 5.74) is 3.90. The number of benzene rings is 2. The summed E-state index contributed by atoms with van der Waals surface area (Å²) in [6.45, 7) is 10.8. The van der Waals surface area contributed by atoms with Gasteiger partial charge < -0.3 is 14.4 Å². The Morgan fingerprint density at radius 2 is 1.74 bits per heavy atom. The van der Waals surface area contributed by atoms with Crippen molar-refractivity contribution in [3.63, 3.8) is 0 Å². The van der Waals surface area contributed by atoms with E-state index >= 15 is 0 Å². The average molecular weight is 540 g/mol. The van der Waals surface area contributed by atoms with Crippen molar-refractivity contribution in [1.82, 2.24) is 9.88 Å². The van der Waals surface area contributed by atoms with Crippen molar-refractivity contribution in [2.75, 3.05) is 75.5 Å². The van der Waals surface area contributed by atoms with Gasteiger partial charge in [0.15, 0.2) is 5.13 Å². The van der Waals surface area contributed by atoms with Gasteiger partial charge in [0.05, 0.1) is 41.6 Å². The molecule has 0 atom stereocenters. The van der Waals surface area contributed by atoms with Crippen LogP contribution in [0.1, 0.15) is 27.9 Å². The number of aromatic nitrogens is 1. The van der Waals surface area contributed by atoms with E-state index < -0.39 is 4.92 Å². The molecule has 2 aliphatic heterocycles. The van der Waals surface area contributed by atoms with E-state index in [0.29, 0.717) is 43.7 Å². The van der Waals surface area contributed by atoms with Gasteiger partial charge in [0.25, 0.3) is 11.6 Å². The second-order valence-corrected chi connectivity index (χ2v) is 10.7. The van der Waals surface area contributed by atoms with Crippen molar-refractivity contribution >= 4 is 44.0 Å². The molecule has 1 aromatic heterocycles. The van der Waals surface area contributed by atoms with Crippen molar-refractivity contribution in [2.45, 2.75) is 20.3 Å². The molecule has 0 unspecified atom stereocenters. The van der Waals surface area contributed by atoms with Crippen molar-refractivity contribution in [3.8, 4) is 0 Å². The third kappa shape index (κ3) is 5.80. The zero-order valence-electron chi connectivity index (χ0n) is 21.9. The molecule has 38 heavy (non-hydrogen) atoms. The molecular weight excluding hydrogens is 506 g/mol. The predicted octanol–water partition coefficient (Wildman–Crippen LogP) is 4.03. The molecule has 5 rings (SSSR count). The topological polar surface area (TPSA) is 101 Å². The molecule has 0 aliphatic carbocycles. The number of nitro groups is 1. The number of ether oxygens (including phenoxy) is 2. The summed E-state index contributed by atoms with van der Waals surface area (Å²) in [5, 5.41) is 12.6. The van der Waals surface area contributed by atoms with Crippen LogP contribution in [0.5, 0.6) is 0 Å². The number of aryl methyl sites for hydroxylation is 2. The molecule has 10 nitrogen and oxygen atoms in total. The second kappa shape index (κ2) is 11.7. The Bertz CT molecular complexity index is 1280. The summed E-state index contributed by atoms with van der Waals surface area (Å²) < 4.78 is 11.9. The Hall–Kier alpha value is -3.12. The van der Waals surface area contributed by atoms with Crippen LogP contribution < -0.4 is 9.80 Å². The number of thiazole rings is 1. The molecule has 0 bridgehead atoms. The molecule has 0 radical (unpaired) electrons. The highest BCUT2D eigenvalue weighted by molar-refractivity contribution is 7.22. The van der Waals surface area contributed by atoms with E-state index in [1.165, 1.54) is 23.0 Å². The van der Waals surface area contributed by atoms with Crippen LogP contribution in [0.3, 0.4) is 0 Å². The number of carbonyl (C=O) groups excluding carboxylic acids is 1. The standard InChI is InChI=1S/C27H33N5O5S/c1-19-16-22-25(17-20(19)2)38-27(28-22)31(7-3-6-29-8-12-36-13-9-29)26(33)21-4-5-23(24(18-21)32(34)35)30-10-14-37-15-11-30/h4-5,16-18H,3,6-15H2,1-2H3. The monoisotopic (exact) mass is 539 g/mol. The highest BCUT2D eigenvalue weighted by atomic mass is 32.1. The number of anilines is 2. The Balaban J connectivity index is 1.44. The third-order valence-corrected chi connectivity index (χ3v) is 8.24. The van der Waals surface area contributed by atoms with Gasteiger partial charge in [0, 0.05) is 50.9 Å². The van der Waals surface area contributed by atoms with E-state index in [9.17, 15) is 14.9 Å². The van der Waals surface area contributed by atoms with Crippen molar-refractivity contribution in [1.29, 1.82) is 0 Å². The fourth-order valence-corrected chi connectivity index (χ4v) is 5.94. The Kier molecular flexibility index (Phi) is 8.18. The number of hydrogen-bond donors (Lipinski definition) is 0. The fraction of sp³-hybridized carbons (Fsp3) is 0.481. The minimum Gasteiger partial charge on any atom is -0.379 e. The maximum Gasteiger partial charge on any atom is 0.293 e. The zero-order chi connectivity index (χ0) is 26.6. The van der Waals surface area contributed by atoms with Crippen LogP contribution in [0, 0.1) is 24.0 Å². The second-order valence-electron chi connectivity index (χ2n) is 9.73. The zero-order valence-corrected chi connectivity index (χ0v) is 22.7. The normalized spacial score (nSPS) is 16.6. The molecule has 2 aliphatic rings. The highest BCUT2D eigenvalue weighted by Gasteiger charge is 2.27. The number of carbonyl (C=O) groups is 1. The maximum atomic E-state index is 13.9. The first-order valence-corrected chi connectivity index (χ1v) is 13.8. The first kappa shape index (κ1) is 26.5. The number of fused-ring (bicyclic) bond motifs is 1. The highest BCUT2D eigenvalue weighted by Crippen LogP contribution is 2.34. The Labute approximate surface area is 225 Å². The van der Waals surface area contributed by atoms with Crippen LogP contribution in [0.25, 0.3) is 10.2 Å². The number of amides is 1. The summed E-state index contributed by atoms with van der Waals surface area (Å²) in [6.07, 6.45) is 0.758. The first-order chi connectivity index (χ1) is 18.4. The van der Waals surface area contributed by atoms with Gasteiger partial charge in [-0.15, -0.1) is 0 Å². The van der Waals surface area contributed by atoms with Crippen LogP contribution in [0.4, 0.5) is 16.5 Å². The smallest absolute Gasteiger partial charge is 0.293 e. The van der Waals surface area contributed by atoms with E-state index in [1.807, 2.05) is 17.9 Å². The number of hydrogen-bond acceptors (Lipinski definition) is 9. The van der Waals surface area contributed by atoms with E-state index in [1.54, 1.807) is 17.0 Å². The molecule has 2 aromatic carbocycles. The third-order valence-electron chi connectivity index (χ3n) is 7.20. The summed E-state index contributed by atoms with van der Waals surface area (Å²) in [4.78, 5) is 36.3. The summed E-state index contributed by atoms with van der Waals surface area (Å²) >= 11 is 1.48. The largest absolute Gasteiger partial charge is 0.379 e. The van der Waals surface area contributed by atoms with Gasteiger partial charge >= 0.3 is 0 Å². The van der Waals surface area contributed by atoms with Gasteiger partial charge in [-0.1, -0.05) is 11.3 Å². The minimum absolute atomic E-state index is 0.0680. The van der Waals surface area contributed by atoms with Crippen LogP contribution in [0.2, 0.25) is 0 Å². The molecule has 3 aromatic rings. The molecule has 1 amide bonds. The lowest BCUT2D eigenvalue weighted by molar-refractivity contribution is -0.384. The molecule has 2 saturated heterocycles. The van der Waals surface area contributed by atoms with Gasteiger partial charge in [-0.2, -0.15) is 0 Å². The van der Waals surface area contributed by atoms with Crippen molar-refractivity contribution in [3.05, 3.63) is 57.1 Å². The lowest BCUT2D eigenvalue weighted by Crippen LogP contribution is -2.39. The number of nitro benzene ring substituents is 1. The van der Waals surface area contributed by atoms with Crippen molar-refractivity contribution in [2.24, 2.45) is 0 Å². The number of nitrogens with zero attached hydrogens (tertiary/aromatic N) is 5. The molecule has 0 saturated carbocycles. The summed E-state index contributed by atoms with van der Waals surface area (Å²) in [7, 11) is 0.